The SMILES string of the molecule is c1ccc(N(c2ccc(-c3cccc(-c4cccc5ccccc45)c3)cc2)c2ccccc2-c2ccc3oc4ccccc4c3c2)cc1. The summed E-state index contributed by atoms with van der Waals surface area (Å²) in [5.74, 6) is 0. The maximum Gasteiger partial charge on any atom is 0.135 e. The highest BCUT2D eigenvalue weighted by molar-refractivity contribution is 6.07. The molecule has 48 heavy (non-hydrogen) atoms. The zero-order valence-electron chi connectivity index (χ0n) is 26.3. The molecule has 0 aliphatic heterocycles. The zero-order valence-corrected chi connectivity index (χ0v) is 26.3. The first-order chi connectivity index (χ1) is 23.8. The average Bonchev–Trinajstić information content (AvgIpc) is 3.54. The van der Waals surface area contributed by atoms with Crippen LogP contribution in [0.2, 0.25) is 0 Å². The number of para-hydroxylation sites is 3. The van der Waals surface area contributed by atoms with Crippen LogP contribution in [-0.4, -0.2) is 0 Å². The summed E-state index contributed by atoms with van der Waals surface area (Å²) in [6, 6.07) is 67.0. The van der Waals surface area contributed by atoms with Gasteiger partial charge in [0.15, 0.2) is 0 Å². The van der Waals surface area contributed by atoms with E-state index in [4.69, 9.17) is 4.42 Å². The second-order valence-corrected chi connectivity index (χ2v) is 12.2. The fraction of sp³-hybridized carbons (Fsp3) is 0. The van der Waals surface area contributed by atoms with Crippen molar-refractivity contribution in [2.45, 2.75) is 0 Å². The smallest absolute Gasteiger partial charge is 0.135 e. The normalized spacial score (nSPS) is 11.3. The molecule has 0 aliphatic carbocycles. The van der Waals surface area contributed by atoms with Gasteiger partial charge in [-0.15, -0.1) is 0 Å². The highest BCUT2D eigenvalue weighted by Gasteiger charge is 2.18. The third-order valence-electron chi connectivity index (χ3n) is 9.27. The minimum atomic E-state index is 0.900. The minimum absolute atomic E-state index is 0.900. The molecule has 1 heterocycles. The first-order valence-electron chi connectivity index (χ1n) is 16.3. The number of hydrogen-bond acceptors (Lipinski definition) is 2. The lowest BCUT2D eigenvalue weighted by Gasteiger charge is -2.28. The van der Waals surface area contributed by atoms with Gasteiger partial charge >= 0.3 is 0 Å². The average molecular weight is 614 g/mol. The fourth-order valence-electron chi connectivity index (χ4n) is 6.96. The maximum atomic E-state index is 6.15. The van der Waals surface area contributed by atoms with E-state index in [9.17, 15) is 0 Å². The van der Waals surface area contributed by atoms with Crippen LogP contribution in [0.4, 0.5) is 17.1 Å². The summed E-state index contributed by atoms with van der Waals surface area (Å²) in [6.45, 7) is 0. The van der Waals surface area contributed by atoms with Crippen molar-refractivity contribution in [3.8, 4) is 33.4 Å². The molecule has 0 spiro atoms. The van der Waals surface area contributed by atoms with Gasteiger partial charge in [-0.1, -0.05) is 133 Å². The number of fused-ring (bicyclic) bond motifs is 4. The minimum Gasteiger partial charge on any atom is -0.456 e. The van der Waals surface area contributed by atoms with Crippen molar-refractivity contribution in [3.63, 3.8) is 0 Å². The first kappa shape index (κ1) is 27.9. The third-order valence-corrected chi connectivity index (χ3v) is 9.27. The molecule has 0 aliphatic rings. The van der Waals surface area contributed by atoms with E-state index < -0.39 is 0 Å². The van der Waals surface area contributed by atoms with Crippen LogP contribution < -0.4 is 4.90 Å². The molecular formula is C46H31NO. The van der Waals surface area contributed by atoms with Crippen LogP contribution in [0.5, 0.6) is 0 Å². The van der Waals surface area contributed by atoms with E-state index in [0.29, 0.717) is 0 Å². The number of anilines is 3. The highest BCUT2D eigenvalue weighted by atomic mass is 16.3. The number of benzene rings is 8. The first-order valence-corrected chi connectivity index (χ1v) is 16.3. The van der Waals surface area contributed by atoms with Gasteiger partial charge in [-0.3, -0.25) is 0 Å². The van der Waals surface area contributed by atoms with Crippen LogP contribution >= 0.6 is 0 Å². The lowest BCUT2D eigenvalue weighted by molar-refractivity contribution is 0.669. The molecule has 1 aromatic heterocycles. The molecule has 0 radical (unpaired) electrons. The van der Waals surface area contributed by atoms with Crippen molar-refractivity contribution in [1.29, 1.82) is 0 Å². The Bertz CT molecular complexity index is 2560. The van der Waals surface area contributed by atoms with Gasteiger partial charge in [-0.2, -0.15) is 0 Å². The lowest BCUT2D eigenvalue weighted by Crippen LogP contribution is -2.11. The summed E-state index contributed by atoms with van der Waals surface area (Å²) < 4.78 is 6.15. The van der Waals surface area contributed by atoms with Crippen molar-refractivity contribution in [1.82, 2.24) is 0 Å². The van der Waals surface area contributed by atoms with Gasteiger partial charge in [-0.05, 0) is 93.2 Å². The molecule has 0 N–H and O–H groups in total. The Kier molecular flexibility index (Phi) is 6.84. The number of furan rings is 1. The van der Waals surface area contributed by atoms with Crippen LogP contribution in [-0.2, 0) is 0 Å². The van der Waals surface area contributed by atoms with Crippen molar-refractivity contribution < 1.29 is 4.42 Å². The van der Waals surface area contributed by atoms with Gasteiger partial charge in [0, 0.05) is 27.7 Å². The molecule has 0 saturated carbocycles. The van der Waals surface area contributed by atoms with E-state index in [-0.39, 0.29) is 0 Å². The van der Waals surface area contributed by atoms with E-state index in [0.717, 1.165) is 50.1 Å². The molecule has 2 nitrogen and oxygen atoms in total. The quantitative estimate of drug-likeness (QED) is 0.185. The Hall–Kier alpha value is -6.38. The standard InChI is InChI=1S/C46H31NO/c1-2-16-37(17-3-1)47(44-22-8-6-19-41(44)36-26-29-46-43(31-36)42-20-7-9-23-45(42)48-46)38-27-24-32(25-28-38)34-14-10-15-35(30-34)40-21-11-13-33-12-4-5-18-39(33)40/h1-31H. The van der Waals surface area contributed by atoms with Gasteiger partial charge in [0.1, 0.15) is 11.2 Å². The van der Waals surface area contributed by atoms with Gasteiger partial charge in [0.05, 0.1) is 5.69 Å². The van der Waals surface area contributed by atoms with E-state index in [1.165, 1.54) is 33.0 Å². The summed E-state index contributed by atoms with van der Waals surface area (Å²) in [7, 11) is 0. The molecule has 8 aromatic carbocycles. The number of nitrogens with zero attached hydrogens (tertiary/aromatic N) is 1. The summed E-state index contributed by atoms with van der Waals surface area (Å²) in [4.78, 5) is 2.35. The van der Waals surface area contributed by atoms with Crippen molar-refractivity contribution in [3.05, 3.63) is 188 Å². The molecule has 0 atom stereocenters. The Morgan fingerprint density at radius 2 is 0.938 bits per heavy atom. The summed E-state index contributed by atoms with van der Waals surface area (Å²) in [6.07, 6.45) is 0. The van der Waals surface area contributed by atoms with Crippen LogP contribution in [0.3, 0.4) is 0 Å². The van der Waals surface area contributed by atoms with Gasteiger partial charge in [0.2, 0.25) is 0 Å². The summed E-state index contributed by atoms with van der Waals surface area (Å²) in [5, 5.41) is 4.78. The van der Waals surface area contributed by atoms with E-state index in [1.807, 2.05) is 12.1 Å². The molecule has 9 rings (SSSR count). The van der Waals surface area contributed by atoms with Crippen LogP contribution in [0.15, 0.2) is 192 Å². The van der Waals surface area contributed by atoms with E-state index >= 15 is 0 Å². The topological polar surface area (TPSA) is 16.4 Å². The zero-order chi connectivity index (χ0) is 31.9. The predicted octanol–water partition coefficient (Wildman–Crippen LogP) is 13.2. The third kappa shape index (κ3) is 4.92. The van der Waals surface area contributed by atoms with Gasteiger partial charge in [-0.25, -0.2) is 0 Å². The molecule has 2 heteroatoms. The molecule has 0 saturated heterocycles. The number of hydrogen-bond donors (Lipinski definition) is 0. The molecule has 0 unspecified atom stereocenters. The van der Waals surface area contributed by atoms with E-state index in [2.05, 4.69) is 181 Å². The van der Waals surface area contributed by atoms with Gasteiger partial charge < -0.3 is 9.32 Å². The Labute approximate surface area is 279 Å². The largest absolute Gasteiger partial charge is 0.456 e. The van der Waals surface area contributed by atoms with Crippen molar-refractivity contribution >= 4 is 49.8 Å². The highest BCUT2D eigenvalue weighted by Crippen LogP contribution is 2.42. The monoisotopic (exact) mass is 613 g/mol. The Balaban J connectivity index is 1.13. The predicted molar refractivity (Wildman–Crippen MR) is 202 cm³/mol. The second-order valence-electron chi connectivity index (χ2n) is 12.2. The maximum absolute atomic E-state index is 6.15. The Morgan fingerprint density at radius 3 is 1.83 bits per heavy atom. The fourth-order valence-corrected chi connectivity index (χ4v) is 6.96. The molecular weight excluding hydrogens is 583 g/mol. The number of rotatable bonds is 6. The molecule has 9 aromatic rings. The Morgan fingerprint density at radius 1 is 0.333 bits per heavy atom. The molecule has 0 bridgehead atoms. The molecule has 0 fully saturated rings. The molecule has 226 valence electrons. The summed E-state index contributed by atoms with van der Waals surface area (Å²) in [5.41, 5.74) is 12.3. The van der Waals surface area contributed by atoms with Crippen LogP contribution in [0.25, 0.3) is 66.1 Å². The van der Waals surface area contributed by atoms with Gasteiger partial charge in [0.25, 0.3) is 0 Å². The molecule has 0 amide bonds. The van der Waals surface area contributed by atoms with Crippen LogP contribution in [0, 0.1) is 0 Å². The van der Waals surface area contributed by atoms with Crippen molar-refractivity contribution in [2.24, 2.45) is 0 Å². The second kappa shape index (κ2) is 11.8. The lowest BCUT2D eigenvalue weighted by atomic mass is 9.95. The van der Waals surface area contributed by atoms with Crippen molar-refractivity contribution in [2.75, 3.05) is 4.90 Å². The van der Waals surface area contributed by atoms with Crippen LogP contribution in [0.1, 0.15) is 0 Å². The summed E-state index contributed by atoms with van der Waals surface area (Å²) >= 11 is 0. The van der Waals surface area contributed by atoms with E-state index in [1.54, 1.807) is 0 Å².